The summed E-state index contributed by atoms with van der Waals surface area (Å²) in [6.45, 7) is 0.388. The lowest BCUT2D eigenvalue weighted by molar-refractivity contribution is 0.0925. The van der Waals surface area contributed by atoms with Gasteiger partial charge in [-0.15, -0.1) is 0 Å². The quantitative estimate of drug-likeness (QED) is 0.559. The fourth-order valence-electron chi connectivity index (χ4n) is 2.83. The van der Waals surface area contributed by atoms with E-state index < -0.39 is 10.8 Å². The Morgan fingerprint density at radius 1 is 1.07 bits per heavy atom. The van der Waals surface area contributed by atoms with Gasteiger partial charge in [0.15, 0.2) is 5.76 Å². The van der Waals surface area contributed by atoms with Crippen LogP contribution in [0.2, 0.25) is 0 Å². The first-order valence-corrected chi connectivity index (χ1v) is 10.5. The summed E-state index contributed by atoms with van der Waals surface area (Å²) in [7, 11) is 1.77. The number of benzene rings is 2. The Morgan fingerprint density at radius 3 is 2.53 bits per heavy atom. The lowest BCUT2D eigenvalue weighted by Gasteiger charge is -2.10. The van der Waals surface area contributed by atoms with Crippen molar-refractivity contribution in [2.45, 2.75) is 17.1 Å². The van der Waals surface area contributed by atoms with Gasteiger partial charge in [-0.25, -0.2) is 4.39 Å². The molecule has 1 heterocycles. The van der Waals surface area contributed by atoms with Crippen molar-refractivity contribution in [2.24, 2.45) is 0 Å². The van der Waals surface area contributed by atoms with Gasteiger partial charge >= 0.3 is 0 Å². The van der Waals surface area contributed by atoms with Crippen LogP contribution in [0.25, 0.3) is 0 Å². The molecule has 0 fully saturated rings. The average molecular weight is 431 g/mol. The molecule has 8 heteroatoms. The predicted molar refractivity (Wildman–Crippen MR) is 111 cm³/mol. The third-order valence-electron chi connectivity index (χ3n) is 4.41. The Morgan fingerprint density at radius 2 is 1.83 bits per heavy atom. The van der Waals surface area contributed by atoms with Crippen LogP contribution in [-0.2, 0) is 23.0 Å². The number of halogens is 1. The van der Waals surface area contributed by atoms with Crippen LogP contribution in [0.3, 0.4) is 0 Å². The number of furan rings is 1. The predicted octanol–water partition coefficient (Wildman–Crippen LogP) is 3.72. The molecule has 0 spiro atoms. The van der Waals surface area contributed by atoms with Gasteiger partial charge in [-0.05, 0) is 54.4 Å². The van der Waals surface area contributed by atoms with Gasteiger partial charge in [0.25, 0.3) is 5.91 Å². The number of rotatable bonds is 9. The maximum atomic E-state index is 13.0. The summed E-state index contributed by atoms with van der Waals surface area (Å²) < 4.78 is 41.4. The highest BCUT2D eigenvalue weighted by molar-refractivity contribution is 7.84. The van der Waals surface area contributed by atoms with Gasteiger partial charge in [-0.1, -0.05) is 6.07 Å². The number of amides is 1. The summed E-state index contributed by atoms with van der Waals surface area (Å²) in [5.41, 5.74) is 0.938. The zero-order chi connectivity index (χ0) is 21.5. The number of hydrogen-bond acceptors (Lipinski definition) is 5. The van der Waals surface area contributed by atoms with Gasteiger partial charge in [-0.2, -0.15) is 0 Å². The minimum Gasteiger partial charge on any atom is -0.497 e. The zero-order valence-corrected chi connectivity index (χ0v) is 17.5. The summed E-state index contributed by atoms with van der Waals surface area (Å²) in [4.78, 5) is 12.8. The molecule has 2 aromatic carbocycles. The number of carbonyl (C=O) groups excluding carboxylic acids is 1. The van der Waals surface area contributed by atoms with E-state index >= 15 is 0 Å². The SMILES string of the molecule is COc1ccc(CCNC(=O)c2ccc(CS(=O)c3ccc(F)cc3)o2)c(OC)c1. The van der Waals surface area contributed by atoms with Crippen LogP contribution < -0.4 is 14.8 Å². The van der Waals surface area contributed by atoms with Gasteiger partial charge < -0.3 is 19.2 Å². The van der Waals surface area contributed by atoms with E-state index in [0.29, 0.717) is 35.1 Å². The third kappa shape index (κ3) is 5.48. The van der Waals surface area contributed by atoms with Gasteiger partial charge in [-0.3, -0.25) is 9.00 Å². The van der Waals surface area contributed by atoms with Crippen molar-refractivity contribution in [2.75, 3.05) is 20.8 Å². The van der Waals surface area contributed by atoms with Crippen LogP contribution >= 0.6 is 0 Å². The third-order valence-corrected chi connectivity index (χ3v) is 5.75. The highest BCUT2D eigenvalue weighted by Crippen LogP contribution is 2.24. The summed E-state index contributed by atoms with van der Waals surface area (Å²) in [5.74, 6) is 1.29. The van der Waals surface area contributed by atoms with Crippen LogP contribution in [0.4, 0.5) is 4.39 Å². The monoisotopic (exact) mass is 431 g/mol. The molecule has 1 unspecified atom stereocenters. The van der Waals surface area contributed by atoms with Crippen LogP contribution in [0.15, 0.2) is 63.9 Å². The normalized spacial score (nSPS) is 11.7. The number of methoxy groups -OCH3 is 2. The largest absolute Gasteiger partial charge is 0.497 e. The Kier molecular flexibility index (Phi) is 7.24. The van der Waals surface area contributed by atoms with Crippen molar-refractivity contribution in [1.29, 1.82) is 0 Å². The molecule has 30 heavy (non-hydrogen) atoms. The standard InChI is InChI=1S/C22H22FNO5S/c1-27-17-6-3-15(21(13-17)28-2)11-12-24-22(25)20-10-7-18(29-20)14-30(26)19-8-4-16(23)5-9-19/h3-10,13H,11-12,14H2,1-2H3,(H,24,25). The molecule has 0 aliphatic carbocycles. The summed E-state index contributed by atoms with van der Waals surface area (Å²) in [6.07, 6.45) is 0.570. The first-order valence-electron chi connectivity index (χ1n) is 9.22. The first-order chi connectivity index (χ1) is 14.5. The molecule has 6 nitrogen and oxygen atoms in total. The Bertz CT molecular complexity index is 1030. The van der Waals surface area contributed by atoms with Crippen molar-refractivity contribution in [3.05, 3.63) is 77.5 Å². The van der Waals surface area contributed by atoms with Crippen molar-refractivity contribution < 1.29 is 27.3 Å². The van der Waals surface area contributed by atoms with E-state index in [-0.39, 0.29) is 23.2 Å². The summed E-state index contributed by atoms with van der Waals surface area (Å²) in [5, 5.41) is 2.79. The molecule has 0 saturated carbocycles. The molecular formula is C22H22FNO5S. The molecule has 1 atom stereocenters. The molecule has 158 valence electrons. The van der Waals surface area contributed by atoms with E-state index in [9.17, 15) is 13.4 Å². The van der Waals surface area contributed by atoms with Crippen LogP contribution in [0, 0.1) is 5.82 Å². The molecule has 0 saturated heterocycles. The Labute approximate surface area is 176 Å². The zero-order valence-electron chi connectivity index (χ0n) is 16.6. The maximum Gasteiger partial charge on any atom is 0.287 e. The van der Waals surface area contributed by atoms with Crippen molar-refractivity contribution >= 4 is 16.7 Å². The van der Waals surface area contributed by atoms with E-state index in [0.717, 1.165) is 5.56 Å². The van der Waals surface area contributed by atoms with Gasteiger partial charge in [0.05, 0.1) is 30.8 Å². The van der Waals surface area contributed by atoms with Crippen molar-refractivity contribution in [3.63, 3.8) is 0 Å². The fraction of sp³-hybridized carbons (Fsp3) is 0.227. The van der Waals surface area contributed by atoms with E-state index in [2.05, 4.69) is 5.32 Å². The minimum absolute atomic E-state index is 0.0992. The Balaban J connectivity index is 1.54. The molecule has 0 aliphatic heterocycles. The van der Waals surface area contributed by atoms with Gasteiger partial charge in [0.1, 0.15) is 23.1 Å². The lowest BCUT2D eigenvalue weighted by atomic mass is 10.1. The second kappa shape index (κ2) is 10.1. The average Bonchev–Trinajstić information content (AvgIpc) is 3.22. The molecule has 1 amide bonds. The number of nitrogens with one attached hydrogen (secondary N) is 1. The van der Waals surface area contributed by atoms with E-state index in [1.54, 1.807) is 32.4 Å². The lowest BCUT2D eigenvalue weighted by Crippen LogP contribution is -2.25. The number of ether oxygens (including phenoxy) is 2. The second-order valence-electron chi connectivity index (χ2n) is 6.39. The topological polar surface area (TPSA) is 77.8 Å². The van der Waals surface area contributed by atoms with Crippen molar-refractivity contribution in [1.82, 2.24) is 5.32 Å². The van der Waals surface area contributed by atoms with Crippen molar-refractivity contribution in [3.8, 4) is 11.5 Å². The molecule has 1 N–H and O–H groups in total. The van der Waals surface area contributed by atoms with Gasteiger partial charge in [0, 0.05) is 17.5 Å². The van der Waals surface area contributed by atoms with Crippen LogP contribution in [0.1, 0.15) is 21.9 Å². The van der Waals surface area contributed by atoms with E-state index in [1.807, 2.05) is 12.1 Å². The molecular weight excluding hydrogens is 409 g/mol. The maximum absolute atomic E-state index is 13.0. The highest BCUT2D eigenvalue weighted by Gasteiger charge is 2.14. The number of hydrogen-bond donors (Lipinski definition) is 1. The van der Waals surface area contributed by atoms with Gasteiger partial charge in [0.2, 0.25) is 0 Å². The summed E-state index contributed by atoms with van der Waals surface area (Å²) >= 11 is 0. The second-order valence-corrected chi connectivity index (χ2v) is 7.84. The fourth-order valence-corrected chi connectivity index (χ4v) is 3.85. The van der Waals surface area contributed by atoms with E-state index in [4.69, 9.17) is 13.9 Å². The molecule has 3 rings (SSSR count). The van der Waals surface area contributed by atoms with Crippen LogP contribution in [0.5, 0.6) is 11.5 Å². The van der Waals surface area contributed by atoms with Crippen LogP contribution in [-0.4, -0.2) is 30.9 Å². The molecule has 3 aromatic rings. The smallest absolute Gasteiger partial charge is 0.287 e. The molecule has 0 radical (unpaired) electrons. The summed E-state index contributed by atoms with van der Waals surface area (Å²) in [6, 6.07) is 14.1. The van der Waals surface area contributed by atoms with E-state index in [1.165, 1.54) is 24.3 Å². The molecule has 0 aliphatic rings. The minimum atomic E-state index is -1.40. The molecule has 0 bridgehead atoms. The molecule has 1 aromatic heterocycles. The number of carbonyl (C=O) groups is 1. The first kappa shape index (κ1) is 21.6. The highest BCUT2D eigenvalue weighted by atomic mass is 32.2. The Hall–Kier alpha value is -3.13.